The number of hydrogen-bond donors (Lipinski definition) is 1. The molecule has 0 bridgehead atoms. The van der Waals surface area contributed by atoms with Crippen LogP contribution in [0.4, 0.5) is 5.82 Å². The van der Waals surface area contributed by atoms with E-state index in [1.54, 1.807) is 4.90 Å². The summed E-state index contributed by atoms with van der Waals surface area (Å²) < 4.78 is 28.4. The first-order chi connectivity index (χ1) is 17.0. The fourth-order valence-electron chi connectivity index (χ4n) is 4.34. The Hall–Kier alpha value is -3.68. The number of ether oxygens (including phenoxy) is 5. The lowest BCUT2D eigenvalue weighted by Crippen LogP contribution is -2.62. The van der Waals surface area contributed by atoms with Gasteiger partial charge in [0.05, 0.1) is 0 Å². The molecule has 0 aliphatic carbocycles. The Kier molecular flexibility index (Phi) is 8.50. The number of nitrogens with one attached hydrogen (secondary N) is 1. The van der Waals surface area contributed by atoms with Crippen LogP contribution in [-0.4, -0.2) is 77.5 Å². The van der Waals surface area contributed by atoms with E-state index in [1.165, 1.54) is 6.07 Å². The Balaban J connectivity index is 2.19. The quantitative estimate of drug-likeness (QED) is 0.364. The molecule has 0 saturated carbocycles. The van der Waals surface area contributed by atoms with Gasteiger partial charge in [0.25, 0.3) is 5.56 Å². The van der Waals surface area contributed by atoms with Crippen LogP contribution in [0.5, 0.6) is 0 Å². The molecule has 3 heterocycles. The number of esters is 4. The molecule has 14 nitrogen and oxygen atoms in total. The van der Waals surface area contributed by atoms with E-state index in [1.807, 2.05) is 0 Å². The molecule has 0 radical (unpaired) electrons. The Bertz CT molecular complexity index is 1120. The van der Waals surface area contributed by atoms with E-state index in [0.717, 1.165) is 45.1 Å². The molecule has 1 N–H and O–H groups in total. The topological polar surface area (TPSA) is 173 Å². The number of anilines is 1. The van der Waals surface area contributed by atoms with E-state index in [0.29, 0.717) is 13.1 Å². The largest absolute Gasteiger partial charge is 0.463 e. The molecule has 0 unspecified atom stereocenters. The van der Waals surface area contributed by atoms with Gasteiger partial charge in [-0.25, -0.2) is 9.36 Å². The summed E-state index contributed by atoms with van der Waals surface area (Å²) >= 11 is 0. The zero-order valence-corrected chi connectivity index (χ0v) is 20.4. The average Bonchev–Trinajstić information content (AvgIpc) is 3.29. The van der Waals surface area contributed by atoms with E-state index < -0.39 is 72.4 Å². The minimum Gasteiger partial charge on any atom is -0.463 e. The van der Waals surface area contributed by atoms with Crippen molar-refractivity contribution in [3.05, 3.63) is 26.9 Å². The smallest absolute Gasteiger partial charge is 0.332 e. The average molecular weight is 511 g/mol. The number of aromatic nitrogens is 2. The van der Waals surface area contributed by atoms with Crippen molar-refractivity contribution in [1.29, 1.82) is 0 Å². The predicted octanol–water partition coefficient (Wildman–Crippen LogP) is -0.608. The van der Waals surface area contributed by atoms with Crippen LogP contribution < -0.4 is 16.1 Å². The van der Waals surface area contributed by atoms with Gasteiger partial charge in [-0.3, -0.25) is 29.0 Å². The van der Waals surface area contributed by atoms with Gasteiger partial charge in [0.15, 0.2) is 24.5 Å². The summed E-state index contributed by atoms with van der Waals surface area (Å²) in [6.45, 7) is 5.13. The number of hydrogen-bond acceptors (Lipinski definition) is 12. The van der Waals surface area contributed by atoms with E-state index in [9.17, 15) is 28.8 Å². The second kappa shape index (κ2) is 11.4. The second-order valence-corrected chi connectivity index (χ2v) is 8.45. The number of nitrogens with zero attached hydrogens (tertiary/aromatic N) is 2. The maximum Gasteiger partial charge on any atom is 0.332 e. The highest BCUT2D eigenvalue weighted by atomic mass is 16.7. The van der Waals surface area contributed by atoms with Crippen molar-refractivity contribution >= 4 is 29.7 Å². The van der Waals surface area contributed by atoms with Crippen LogP contribution in [0.3, 0.4) is 0 Å². The predicted molar refractivity (Wildman–Crippen MR) is 120 cm³/mol. The Morgan fingerprint density at radius 3 is 2.00 bits per heavy atom. The normalized spacial score (nSPS) is 25.7. The number of carbonyl (C=O) groups excluding carboxylic acids is 4. The summed E-state index contributed by atoms with van der Waals surface area (Å²) in [4.78, 5) is 76.7. The number of carbonyl (C=O) groups is 4. The third kappa shape index (κ3) is 6.30. The fourth-order valence-corrected chi connectivity index (χ4v) is 4.34. The van der Waals surface area contributed by atoms with Crippen LogP contribution in [-0.2, 0) is 42.9 Å². The molecule has 0 aromatic carbocycles. The van der Waals surface area contributed by atoms with E-state index in [2.05, 4.69) is 4.98 Å². The van der Waals surface area contributed by atoms with Gasteiger partial charge in [-0.2, -0.15) is 0 Å². The lowest BCUT2D eigenvalue weighted by molar-refractivity contribution is -0.268. The van der Waals surface area contributed by atoms with Gasteiger partial charge in [-0.05, 0) is 12.8 Å². The number of rotatable bonds is 7. The third-order valence-electron chi connectivity index (χ3n) is 5.61. The first-order valence-corrected chi connectivity index (χ1v) is 11.4. The molecule has 5 atom stereocenters. The van der Waals surface area contributed by atoms with Crippen molar-refractivity contribution in [2.75, 3.05) is 24.6 Å². The molecular formula is C22H29N3O11. The monoisotopic (exact) mass is 511 g/mol. The Morgan fingerprint density at radius 1 is 0.889 bits per heavy atom. The minimum absolute atomic E-state index is 0.196. The maximum atomic E-state index is 13.1. The molecule has 36 heavy (non-hydrogen) atoms. The highest BCUT2D eigenvalue weighted by Crippen LogP contribution is 2.36. The van der Waals surface area contributed by atoms with Gasteiger partial charge in [0.2, 0.25) is 0 Å². The van der Waals surface area contributed by atoms with E-state index >= 15 is 0 Å². The van der Waals surface area contributed by atoms with Crippen molar-refractivity contribution in [3.63, 3.8) is 0 Å². The third-order valence-corrected chi connectivity index (χ3v) is 5.61. The molecule has 2 saturated heterocycles. The summed E-state index contributed by atoms with van der Waals surface area (Å²) in [6.07, 6.45) is -5.33. The van der Waals surface area contributed by atoms with Gasteiger partial charge >= 0.3 is 29.6 Å². The summed E-state index contributed by atoms with van der Waals surface area (Å²) in [6, 6.07) is 1.21. The van der Waals surface area contributed by atoms with E-state index in [4.69, 9.17) is 23.7 Å². The summed E-state index contributed by atoms with van der Waals surface area (Å²) in [5, 5.41) is 0. The lowest BCUT2D eigenvalue weighted by Gasteiger charge is -2.45. The zero-order valence-electron chi connectivity index (χ0n) is 20.4. The minimum atomic E-state index is -1.48. The molecule has 0 amide bonds. The molecule has 3 rings (SSSR count). The Morgan fingerprint density at radius 2 is 1.44 bits per heavy atom. The van der Waals surface area contributed by atoms with Gasteiger partial charge in [0.1, 0.15) is 18.5 Å². The first-order valence-electron chi connectivity index (χ1n) is 11.4. The molecule has 2 aliphatic heterocycles. The summed E-state index contributed by atoms with van der Waals surface area (Å²) in [5.41, 5.74) is -1.52. The Labute approximate surface area is 205 Å². The van der Waals surface area contributed by atoms with Crippen LogP contribution in [0.25, 0.3) is 0 Å². The molecule has 1 aromatic heterocycles. The lowest BCUT2D eigenvalue weighted by atomic mass is 9.97. The summed E-state index contributed by atoms with van der Waals surface area (Å²) in [5.74, 6) is -2.84. The van der Waals surface area contributed by atoms with Crippen LogP contribution in [0.2, 0.25) is 0 Å². The molecule has 198 valence electrons. The highest BCUT2D eigenvalue weighted by molar-refractivity contribution is 5.68. The van der Waals surface area contributed by atoms with Crippen molar-refractivity contribution in [2.24, 2.45) is 0 Å². The van der Waals surface area contributed by atoms with Crippen LogP contribution >= 0.6 is 0 Å². The molecular weight excluding hydrogens is 482 g/mol. The van der Waals surface area contributed by atoms with Crippen LogP contribution in [0.1, 0.15) is 46.8 Å². The van der Waals surface area contributed by atoms with Crippen molar-refractivity contribution in [2.45, 2.75) is 71.2 Å². The van der Waals surface area contributed by atoms with Crippen molar-refractivity contribution in [1.82, 2.24) is 9.55 Å². The standard InChI is InChI=1S/C22H29N3O11/c1-11(26)32-10-15-18(33-12(2)27)19(34-13(3)28)20(35-14(4)29)21(36-15)25-17(24-7-5-6-8-24)9-16(30)23-22(25)31/h9,15,18-21H,5-8,10H2,1-4H3,(H,23,30,31)/t15-,18-,19+,20-,21-/m1/s1. The highest BCUT2D eigenvalue weighted by Gasteiger charge is 2.53. The van der Waals surface area contributed by atoms with Crippen molar-refractivity contribution < 1.29 is 42.9 Å². The van der Waals surface area contributed by atoms with Gasteiger partial charge in [-0.15, -0.1) is 0 Å². The molecule has 0 spiro atoms. The van der Waals surface area contributed by atoms with E-state index in [-0.39, 0.29) is 5.82 Å². The number of aromatic amines is 1. The van der Waals surface area contributed by atoms with Crippen LogP contribution in [0, 0.1) is 0 Å². The van der Waals surface area contributed by atoms with Gasteiger partial charge in [0, 0.05) is 46.9 Å². The van der Waals surface area contributed by atoms with Gasteiger partial charge < -0.3 is 28.6 Å². The molecule has 1 aromatic rings. The van der Waals surface area contributed by atoms with Gasteiger partial charge in [-0.1, -0.05) is 0 Å². The second-order valence-electron chi connectivity index (χ2n) is 8.45. The first kappa shape index (κ1) is 26.9. The zero-order chi connectivity index (χ0) is 26.6. The maximum absolute atomic E-state index is 13.1. The van der Waals surface area contributed by atoms with Crippen LogP contribution in [0.15, 0.2) is 15.7 Å². The fraction of sp³-hybridized carbons (Fsp3) is 0.636. The number of H-pyrrole nitrogens is 1. The molecule has 2 fully saturated rings. The summed E-state index contributed by atoms with van der Waals surface area (Å²) in [7, 11) is 0. The SMILES string of the molecule is CC(=O)OC[C@H]1O[C@@H](n2c(N3CCCC3)cc(=O)[nH]c2=O)[C@H](OC(C)=O)[C@@H](OC(C)=O)[C@@H]1OC(C)=O. The van der Waals surface area contributed by atoms with Crippen molar-refractivity contribution in [3.8, 4) is 0 Å². The molecule has 14 heteroatoms. The molecule has 2 aliphatic rings.